The summed E-state index contributed by atoms with van der Waals surface area (Å²) in [5.74, 6) is -1.15. The Morgan fingerprint density at radius 1 is 1.35 bits per heavy atom. The van der Waals surface area contributed by atoms with Crippen molar-refractivity contribution in [3.63, 3.8) is 0 Å². The summed E-state index contributed by atoms with van der Waals surface area (Å²) < 4.78 is 18.3. The largest absolute Gasteiger partial charge is 0.467 e. The minimum atomic E-state index is -0.564. The van der Waals surface area contributed by atoms with Crippen LogP contribution < -0.4 is 0 Å². The van der Waals surface area contributed by atoms with E-state index in [1.807, 2.05) is 0 Å². The Balaban J connectivity index is 2.25. The first-order chi connectivity index (χ1) is 9.54. The minimum Gasteiger partial charge on any atom is -0.467 e. The maximum Gasteiger partial charge on any atom is 0.328 e. The quantitative estimate of drug-likeness (QED) is 0.780. The van der Waals surface area contributed by atoms with E-state index in [9.17, 15) is 14.0 Å². The highest BCUT2D eigenvalue weighted by atomic mass is 19.1. The van der Waals surface area contributed by atoms with Crippen LogP contribution in [0.4, 0.5) is 4.39 Å². The second-order valence-corrected chi connectivity index (χ2v) is 5.00. The van der Waals surface area contributed by atoms with Crippen molar-refractivity contribution in [3.05, 3.63) is 35.1 Å². The van der Waals surface area contributed by atoms with E-state index in [2.05, 4.69) is 0 Å². The molecule has 1 heterocycles. The molecule has 0 aliphatic carbocycles. The fraction of sp³-hybridized carbons (Fsp3) is 0.467. The van der Waals surface area contributed by atoms with E-state index >= 15 is 0 Å². The minimum absolute atomic E-state index is 0.268. The number of esters is 1. The summed E-state index contributed by atoms with van der Waals surface area (Å²) in [5, 5.41) is 0. The highest BCUT2D eigenvalue weighted by Gasteiger charge is 2.33. The third-order valence-corrected chi connectivity index (χ3v) is 3.66. The first kappa shape index (κ1) is 14.5. The number of ether oxygens (including phenoxy) is 1. The predicted octanol–water partition coefficient (Wildman–Crippen LogP) is 2.30. The zero-order chi connectivity index (χ0) is 14.7. The van der Waals surface area contributed by atoms with E-state index in [4.69, 9.17) is 4.74 Å². The molecule has 1 aromatic rings. The molecule has 20 heavy (non-hydrogen) atoms. The van der Waals surface area contributed by atoms with Crippen LogP contribution >= 0.6 is 0 Å². The van der Waals surface area contributed by atoms with E-state index in [0.29, 0.717) is 18.5 Å². The van der Waals surface area contributed by atoms with Gasteiger partial charge >= 0.3 is 5.97 Å². The highest BCUT2D eigenvalue weighted by Crippen LogP contribution is 2.21. The Morgan fingerprint density at radius 3 is 2.75 bits per heavy atom. The lowest BCUT2D eigenvalue weighted by atomic mass is 10.0. The monoisotopic (exact) mass is 279 g/mol. The Morgan fingerprint density at radius 2 is 2.10 bits per heavy atom. The zero-order valence-corrected chi connectivity index (χ0v) is 11.7. The Kier molecular flexibility index (Phi) is 4.37. The van der Waals surface area contributed by atoms with Gasteiger partial charge in [-0.1, -0.05) is 6.07 Å². The number of nitrogens with zero attached hydrogens (tertiary/aromatic N) is 1. The average Bonchev–Trinajstić information content (AvgIpc) is 2.48. The second kappa shape index (κ2) is 6.03. The van der Waals surface area contributed by atoms with Gasteiger partial charge in [-0.05, 0) is 43.9 Å². The van der Waals surface area contributed by atoms with Gasteiger partial charge in [0.05, 0.1) is 7.11 Å². The van der Waals surface area contributed by atoms with Crippen LogP contribution in [0.1, 0.15) is 35.2 Å². The van der Waals surface area contributed by atoms with Crippen LogP contribution in [0.2, 0.25) is 0 Å². The highest BCUT2D eigenvalue weighted by molar-refractivity contribution is 5.97. The summed E-state index contributed by atoms with van der Waals surface area (Å²) in [4.78, 5) is 25.7. The molecule has 1 atom stereocenters. The maximum absolute atomic E-state index is 13.6. The van der Waals surface area contributed by atoms with Gasteiger partial charge in [-0.15, -0.1) is 0 Å². The van der Waals surface area contributed by atoms with Crippen LogP contribution in [0.5, 0.6) is 0 Å². The van der Waals surface area contributed by atoms with Crippen LogP contribution in [0, 0.1) is 12.7 Å². The molecule has 1 aromatic carbocycles. The summed E-state index contributed by atoms with van der Waals surface area (Å²) in [6.07, 6.45) is 2.31. The molecule has 1 amide bonds. The summed E-state index contributed by atoms with van der Waals surface area (Å²) in [6.45, 7) is 2.13. The SMILES string of the molecule is COC(=O)C1CCCCN1C(=O)c1ccc(C)c(F)c1. The third-order valence-electron chi connectivity index (χ3n) is 3.66. The third kappa shape index (κ3) is 2.81. The normalized spacial score (nSPS) is 18.8. The van der Waals surface area contributed by atoms with E-state index in [1.54, 1.807) is 19.1 Å². The standard InChI is InChI=1S/C15H18FNO3/c1-10-6-7-11(9-12(10)16)14(18)17-8-4-3-5-13(17)15(19)20-2/h6-7,9,13H,3-5,8H2,1-2H3. The van der Waals surface area contributed by atoms with Gasteiger partial charge in [0.25, 0.3) is 5.91 Å². The smallest absolute Gasteiger partial charge is 0.328 e. The van der Waals surface area contributed by atoms with Crippen molar-refractivity contribution in [2.75, 3.05) is 13.7 Å². The molecule has 5 heteroatoms. The van der Waals surface area contributed by atoms with E-state index in [-0.39, 0.29) is 11.5 Å². The van der Waals surface area contributed by atoms with Crippen LogP contribution in [0.15, 0.2) is 18.2 Å². The van der Waals surface area contributed by atoms with Crippen molar-refractivity contribution in [3.8, 4) is 0 Å². The van der Waals surface area contributed by atoms with Crippen molar-refractivity contribution in [2.45, 2.75) is 32.2 Å². The molecule has 0 N–H and O–H groups in total. The van der Waals surface area contributed by atoms with Gasteiger partial charge in [-0.3, -0.25) is 4.79 Å². The van der Waals surface area contributed by atoms with Crippen LogP contribution in [-0.4, -0.2) is 36.5 Å². The lowest BCUT2D eigenvalue weighted by Crippen LogP contribution is -2.48. The molecule has 1 saturated heterocycles. The molecule has 2 rings (SSSR count). The Labute approximate surface area is 117 Å². The average molecular weight is 279 g/mol. The van der Waals surface area contributed by atoms with Crippen molar-refractivity contribution in [1.82, 2.24) is 4.90 Å². The lowest BCUT2D eigenvalue weighted by Gasteiger charge is -2.33. The fourth-order valence-corrected chi connectivity index (χ4v) is 2.45. The zero-order valence-electron chi connectivity index (χ0n) is 11.7. The molecule has 0 spiro atoms. The van der Waals surface area contributed by atoms with Crippen molar-refractivity contribution >= 4 is 11.9 Å². The number of piperidine rings is 1. The molecule has 1 aliphatic heterocycles. The second-order valence-electron chi connectivity index (χ2n) is 5.00. The molecule has 0 saturated carbocycles. The van der Waals surface area contributed by atoms with Gasteiger partial charge in [0.15, 0.2) is 0 Å². The Bertz CT molecular complexity index is 530. The molecule has 108 valence electrons. The van der Waals surface area contributed by atoms with Gasteiger partial charge in [-0.2, -0.15) is 0 Å². The van der Waals surface area contributed by atoms with E-state index in [1.165, 1.54) is 18.1 Å². The number of halogens is 1. The lowest BCUT2D eigenvalue weighted by molar-refractivity contribution is -0.147. The van der Waals surface area contributed by atoms with Gasteiger partial charge < -0.3 is 9.64 Å². The van der Waals surface area contributed by atoms with E-state index < -0.39 is 17.8 Å². The van der Waals surface area contributed by atoms with Gasteiger partial charge in [0.1, 0.15) is 11.9 Å². The topological polar surface area (TPSA) is 46.6 Å². The molecular formula is C15H18FNO3. The number of amides is 1. The number of likely N-dealkylation sites (tertiary alicyclic amines) is 1. The predicted molar refractivity (Wildman–Crippen MR) is 71.8 cm³/mol. The van der Waals surface area contributed by atoms with Gasteiger partial charge in [-0.25, -0.2) is 9.18 Å². The number of benzene rings is 1. The fourth-order valence-electron chi connectivity index (χ4n) is 2.45. The molecule has 0 aromatic heterocycles. The summed E-state index contributed by atoms with van der Waals surface area (Å²) in [7, 11) is 1.31. The van der Waals surface area contributed by atoms with Crippen molar-refractivity contribution in [2.24, 2.45) is 0 Å². The number of aryl methyl sites for hydroxylation is 1. The Hall–Kier alpha value is -1.91. The van der Waals surface area contributed by atoms with Crippen LogP contribution in [-0.2, 0) is 9.53 Å². The number of methoxy groups -OCH3 is 1. The molecule has 4 nitrogen and oxygen atoms in total. The summed E-state index contributed by atoms with van der Waals surface area (Å²) in [5.41, 5.74) is 0.758. The van der Waals surface area contributed by atoms with Crippen LogP contribution in [0.25, 0.3) is 0 Å². The van der Waals surface area contributed by atoms with Gasteiger partial charge in [0.2, 0.25) is 0 Å². The first-order valence-corrected chi connectivity index (χ1v) is 6.69. The number of hydrogen-bond donors (Lipinski definition) is 0. The molecule has 1 aliphatic rings. The molecule has 0 radical (unpaired) electrons. The molecule has 1 unspecified atom stereocenters. The number of carbonyl (C=O) groups excluding carboxylic acids is 2. The summed E-state index contributed by atoms with van der Waals surface area (Å²) in [6, 6.07) is 3.81. The first-order valence-electron chi connectivity index (χ1n) is 6.69. The number of rotatable bonds is 2. The van der Waals surface area contributed by atoms with E-state index in [0.717, 1.165) is 12.8 Å². The van der Waals surface area contributed by atoms with Crippen LogP contribution in [0.3, 0.4) is 0 Å². The molecule has 1 fully saturated rings. The van der Waals surface area contributed by atoms with Gasteiger partial charge in [0, 0.05) is 12.1 Å². The number of hydrogen-bond acceptors (Lipinski definition) is 3. The maximum atomic E-state index is 13.6. The molecular weight excluding hydrogens is 261 g/mol. The number of carbonyl (C=O) groups is 2. The summed E-state index contributed by atoms with van der Waals surface area (Å²) >= 11 is 0. The molecule has 0 bridgehead atoms. The van der Waals surface area contributed by atoms with Crippen molar-refractivity contribution in [1.29, 1.82) is 0 Å². The van der Waals surface area contributed by atoms with Crippen molar-refractivity contribution < 1.29 is 18.7 Å².